The number of nitrogens with one attached hydrogen (secondary N) is 1. The number of anilines is 1. The highest BCUT2D eigenvalue weighted by Gasteiger charge is 2.27. The molecule has 9 heteroatoms. The van der Waals surface area contributed by atoms with Crippen LogP contribution in [-0.2, 0) is 16.1 Å². The first kappa shape index (κ1) is 27.8. The molecule has 0 unspecified atom stereocenters. The number of ketones is 1. The van der Waals surface area contributed by atoms with Gasteiger partial charge in [0, 0.05) is 56.3 Å². The standard InChI is InChI=1S/C21H25IN4O3S.C2H6/c1-13-7-14-9-18(19(27)16(10-23)11-25(5)6)26(30-22)12-15(14)8-17(13)24-20(28)29-21(2,3)4;1-2/h7-9,11H,12H2,1-6H3,(H,24,28);1-2H3/b16-11+;. The SMILES string of the molecule is CC.Cc1cc2c(cc1NC(=O)OC(C)(C)C)CN(SI)C(C(=O)/C(C#N)=C/N(C)C)=C2. The van der Waals surface area contributed by atoms with E-state index in [1.807, 2.05) is 64.0 Å². The molecule has 2 rings (SSSR count). The number of fused-ring (bicyclic) bond motifs is 1. The number of rotatable bonds is 5. The quantitative estimate of drug-likeness (QED) is 0.199. The molecule has 0 bridgehead atoms. The van der Waals surface area contributed by atoms with E-state index in [1.54, 1.807) is 25.1 Å². The lowest BCUT2D eigenvalue weighted by atomic mass is 9.96. The van der Waals surface area contributed by atoms with Crippen molar-refractivity contribution in [2.24, 2.45) is 0 Å². The van der Waals surface area contributed by atoms with Gasteiger partial charge in [-0.15, -0.1) is 0 Å². The molecule has 1 amide bonds. The fourth-order valence-corrected chi connectivity index (χ4v) is 4.28. The molecule has 0 atom stereocenters. The van der Waals surface area contributed by atoms with Crippen LogP contribution in [0.1, 0.15) is 51.3 Å². The van der Waals surface area contributed by atoms with Gasteiger partial charge < -0.3 is 9.64 Å². The number of amides is 1. The van der Waals surface area contributed by atoms with Crippen LogP contribution in [0.15, 0.2) is 29.6 Å². The van der Waals surface area contributed by atoms with E-state index in [4.69, 9.17) is 4.74 Å². The Morgan fingerprint density at radius 2 is 1.94 bits per heavy atom. The molecular weight excluding hydrogens is 539 g/mol. The lowest BCUT2D eigenvalue weighted by Gasteiger charge is -2.28. The fraction of sp³-hybridized carbons (Fsp3) is 0.435. The van der Waals surface area contributed by atoms with Crippen LogP contribution in [0, 0.1) is 18.3 Å². The zero-order chi connectivity index (χ0) is 24.6. The third-order valence-electron chi connectivity index (χ3n) is 4.06. The summed E-state index contributed by atoms with van der Waals surface area (Å²) in [6, 6.07) is 5.81. The van der Waals surface area contributed by atoms with Crippen molar-refractivity contribution in [1.82, 2.24) is 9.21 Å². The summed E-state index contributed by atoms with van der Waals surface area (Å²) in [6.45, 7) is 11.8. The molecular formula is C23H31IN4O3S. The van der Waals surface area contributed by atoms with Gasteiger partial charge in [0.05, 0.1) is 12.2 Å². The number of carbonyl (C=O) groups is 2. The smallest absolute Gasteiger partial charge is 0.412 e. The molecule has 0 aromatic heterocycles. The Kier molecular flexibility index (Phi) is 10.6. The maximum absolute atomic E-state index is 13.0. The number of benzene rings is 1. The first-order chi connectivity index (χ1) is 14.9. The second kappa shape index (κ2) is 12.2. The molecule has 0 aliphatic carbocycles. The third kappa shape index (κ3) is 7.74. The van der Waals surface area contributed by atoms with Gasteiger partial charge in [-0.25, -0.2) is 4.79 Å². The van der Waals surface area contributed by atoms with E-state index in [0.29, 0.717) is 17.9 Å². The number of aryl methyl sites for hydroxylation is 1. The van der Waals surface area contributed by atoms with Crippen molar-refractivity contribution >= 4 is 54.0 Å². The zero-order valence-corrected chi connectivity index (χ0v) is 22.8. The van der Waals surface area contributed by atoms with Gasteiger partial charge >= 0.3 is 6.09 Å². The largest absolute Gasteiger partial charge is 0.444 e. The summed E-state index contributed by atoms with van der Waals surface area (Å²) in [5.74, 6) is -0.324. The Morgan fingerprint density at radius 3 is 2.44 bits per heavy atom. The lowest BCUT2D eigenvalue weighted by molar-refractivity contribution is -0.112. The molecule has 32 heavy (non-hydrogen) atoms. The van der Waals surface area contributed by atoms with Crippen LogP contribution in [0.4, 0.5) is 10.5 Å². The van der Waals surface area contributed by atoms with Gasteiger partial charge in [-0.05, 0) is 62.6 Å². The predicted molar refractivity (Wildman–Crippen MR) is 140 cm³/mol. The minimum Gasteiger partial charge on any atom is -0.444 e. The highest BCUT2D eigenvalue weighted by Crippen LogP contribution is 2.36. The molecule has 1 heterocycles. The second-order valence-electron chi connectivity index (χ2n) is 8.08. The molecule has 1 aliphatic heterocycles. The van der Waals surface area contributed by atoms with Crippen molar-refractivity contribution in [2.45, 2.75) is 53.7 Å². The maximum atomic E-state index is 13.0. The number of Topliss-reactive ketones (excluding diaryl/α,β-unsaturated/α-hetero) is 1. The molecule has 174 valence electrons. The average molecular weight is 570 g/mol. The molecule has 0 saturated heterocycles. The van der Waals surface area contributed by atoms with Crippen LogP contribution in [0.2, 0.25) is 0 Å². The summed E-state index contributed by atoms with van der Waals surface area (Å²) in [5.41, 5.74) is 3.29. The van der Waals surface area contributed by atoms with Gasteiger partial charge in [0.15, 0.2) is 0 Å². The monoisotopic (exact) mass is 570 g/mol. The Morgan fingerprint density at radius 1 is 1.31 bits per heavy atom. The van der Waals surface area contributed by atoms with Crippen LogP contribution in [-0.4, -0.2) is 40.8 Å². The van der Waals surface area contributed by atoms with E-state index in [0.717, 1.165) is 16.7 Å². The zero-order valence-electron chi connectivity index (χ0n) is 19.9. The Balaban J connectivity index is 0.00000249. The highest BCUT2D eigenvalue weighted by molar-refractivity contribution is 14.2. The lowest BCUT2D eigenvalue weighted by Crippen LogP contribution is -2.28. The van der Waals surface area contributed by atoms with Crippen molar-refractivity contribution < 1.29 is 14.3 Å². The van der Waals surface area contributed by atoms with Crippen molar-refractivity contribution in [1.29, 1.82) is 5.26 Å². The van der Waals surface area contributed by atoms with Crippen LogP contribution in [0.25, 0.3) is 6.08 Å². The minimum atomic E-state index is -0.586. The van der Waals surface area contributed by atoms with E-state index >= 15 is 0 Å². The van der Waals surface area contributed by atoms with Gasteiger partial charge in [0.1, 0.15) is 17.2 Å². The number of halogens is 1. The number of hydrogen-bond acceptors (Lipinski definition) is 7. The summed E-state index contributed by atoms with van der Waals surface area (Å²) in [4.78, 5) is 26.8. The van der Waals surface area contributed by atoms with Crippen molar-refractivity contribution in [3.8, 4) is 6.07 Å². The molecule has 0 radical (unpaired) electrons. The summed E-state index contributed by atoms with van der Waals surface area (Å²) in [6.07, 6.45) is 2.80. The van der Waals surface area contributed by atoms with E-state index in [1.165, 1.54) is 15.3 Å². The molecule has 0 fully saturated rings. The molecule has 1 aliphatic rings. The van der Waals surface area contributed by atoms with E-state index < -0.39 is 11.7 Å². The number of hydrogen-bond donors (Lipinski definition) is 1. The van der Waals surface area contributed by atoms with Crippen LogP contribution >= 0.6 is 30.3 Å². The minimum absolute atomic E-state index is 0.0742. The third-order valence-corrected chi connectivity index (χ3v) is 5.98. The van der Waals surface area contributed by atoms with Crippen LogP contribution in [0.5, 0.6) is 0 Å². The van der Waals surface area contributed by atoms with Gasteiger partial charge in [0.2, 0.25) is 5.78 Å². The Hall–Kier alpha value is -2.19. The fourth-order valence-electron chi connectivity index (χ4n) is 2.83. The Bertz CT molecular complexity index is 959. The van der Waals surface area contributed by atoms with E-state index in [-0.39, 0.29) is 11.4 Å². The number of nitriles is 1. The molecule has 0 saturated carbocycles. The number of nitrogens with zero attached hydrogens (tertiary/aromatic N) is 3. The summed E-state index contributed by atoms with van der Waals surface area (Å²) >= 11 is 2.11. The van der Waals surface area contributed by atoms with Gasteiger partial charge in [-0.2, -0.15) is 5.26 Å². The summed E-state index contributed by atoms with van der Waals surface area (Å²) < 4.78 is 7.17. The number of allylic oxidation sites excluding steroid dienone is 1. The first-order valence-electron chi connectivity index (χ1n) is 10.2. The number of ether oxygens (including phenoxy) is 1. The van der Waals surface area contributed by atoms with Crippen LogP contribution < -0.4 is 5.32 Å². The molecule has 1 N–H and O–H groups in total. The molecule has 1 aromatic rings. The van der Waals surface area contributed by atoms with Gasteiger partial charge in [-0.3, -0.25) is 14.4 Å². The summed E-state index contributed by atoms with van der Waals surface area (Å²) in [5, 5.41) is 12.2. The molecule has 1 aromatic carbocycles. The van der Waals surface area contributed by atoms with Gasteiger partial charge in [-0.1, -0.05) is 13.8 Å². The summed E-state index contributed by atoms with van der Waals surface area (Å²) in [7, 11) is 4.91. The highest BCUT2D eigenvalue weighted by atomic mass is 127. The number of carbonyl (C=O) groups excluding carboxylic acids is 2. The molecule has 0 spiro atoms. The van der Waals surface area contributed by atoms with Crippen molar-refractivity contribution in [2.75, 3.05) is 19.4 Å². The average Bonchev–Trinajstić information content (AvgIpc) is 2.71. The van der Waals surface area contributed by atoms with Crippen molar-refractivity contribution in [3.63, 3.8) is 0 Å². The topological polar surface area (TPSA) is 85.7 Å². The van der Waals surface area contributed by atoms with E-state index in [9.17, 15) is 14.9 Å². The molecule has 7 nitrogen and oxygen atoms in total. The second-order valence-corrected chi connectivity index (χ2v) is 9.84. The van der Waals surface area contributed by atoms with Gasteiger partial charge in [0.25, 0.3) is 0 Å². The van der Waals surface area contributed by atoms with Crippen molar-refractivity contribution in [3.05, 3.63) is 46.3 Å². The Labute approximate surface area is 207 Å². The van der Waals surface area contributed by atoms with E-state index in [2.05, 4.69) is 26.5 Å². The predicted octanol–water partition coefficient (Wildman–Crippen LogP) is 6.06. The maximum Gasteiger partial charge on any atom is 0.412 e. The normalized spacial score (nSPS) is 13.1. The first-order valence-corrected chi connectivity index (χ1v) is 13.5. The van der Waals surface area contributed by atoms with Crippen LogP contribution in [0.3, 0.4) is 0 Å².